The quantitative estimate of drug-likeness (QED) is 0.763. The highest BCUT2D eigenvalue weighted by atomic mass is 15.2. The van der Waals surface area contributed by atoms with Crippen molar-refractivity contribution in [1.82, 2.24) is 14.8 Å². The molecule has 1 atom stereocenters. The molecule has 2 aromatic rings. The Balaban J connectivity index is 2.37. The minimum atomic E-state index is 0.346. The third kappa shape index (κ3) is 1.91. The molecule has 15 heavy (non-hydrogen) atoms. The molecule has 1 heterocycles. The maximum atomic E-state index is 4.18. The van der Waals surface area contributed by atoms with Crippen LogP contribution in [0.1, 0.15) is 30.7 Å². The normalized spacial score (nSPS) is 12.7. The Morgan fingerprint density at radius 1 is 1.27 bits per heavy atom. The van der Waals surface area contributed by atoms with E-state index in [1.54, 1.807) is 6.33 Å². The van der Waals surface area contributed by atoms with E-state index in [9.17, 15) is 0 Å². The molecule has 0 saturated carbocycles. The van der Waals surface area contributed by atoms with Gasteiger partial charge in [-0.1, -0.05) is 37.3 Å². The molecule has 3 nitrogen and oxygen atoms in total. The highest BCUT2D eigenvalue weighted by molar-refractivity contribution is 5.25. The number of hydrogen-bond acceptors (Lipinski definition) is 2. The summed E-state index contributed by atoms with van der Waals surface area (Å²) in [4.78, 5) is 0. The summed E-state index contributed by atoms with van der Waals surface area (Å²) in [6.45, 7) is 2.17. The zero-order valence-electron chi connectivity index (χ0n) is 9.09. The van der Waals surface area contributed by atoms with E-state index in [-0.39, 0.29) is 0 Å². The zero-order chi connectivity index (χ0) is 10.7. The molecule has 3 heteroatoms. The Bertz CT molecular complexity index is 419. The highest BCUT2D eigenvalue weighted by Crippen LogP contribution is 2.25. The first-order valence-corrected chi connectivity index (χ1v) is 5.21. The largest absolute Gasteiger partial charge is 0.320 e. The van der Waals surface area contributed by atoms with E-state index in [0.717, 1.165) is 12.2 Å². The maximum Gasteiger partial charge on any atom is 0.140 e. The maximum absolute atomic E-state index is 4.18. The van der Waals surface area contributed by atoms with Crippen molar-refractivity contribution in [1.29, 1.82) is 0 Å². The van der Waals surface area contributed by atoms with Gasteiger partial charge in [-0.15, -0.1) is 10.2 Å². The Labute approximate surface area is 89.8 Å². The first kappa shape index (κ1) is 9.90. The fourth-order valence-electron chi connectivity index (χ4n) is 1.86. The summed E-state index contributed by atoms with van der Waals surface area (Å²) in [5, 5.41) is 8.11. The van der Waals surface area contributed by atoms with E-state index >= 15 is 0 Å². The van der Waals surface area contributed by atoms with Crippen molar-refractivity contribution < 1.29 is 0 Å². The molecule has 1 unspecified atom stereocenters. The van der Waals surface area contributed by atoms with Crippen LogP contribution in [0.3, 0.4) is 0 Å². The lowest BCUT2D eigenvalue weighted by Gasteiger charge is -2.13. The SMILES string of the molecule is CCC(c1ccccc1)c1nncn1C. The Hall–Kier alpha value is -1.64. The van der Waals surface area contributed by atoms with Crippen molar-refractivity contribution in [3.63, 3.8) is 0 Å². The molecular formula is C12H15N3. The molecule has 0 aliphatic carbocycles. The van der Waals surface area contributed by atoms with Gasteiger partial charge in [-0.3, -0.25) is 0 Å². The van der Waals surface area contributed by atoms with Crippen molar-refractivity contribution >= 4 is 0 Å². The summed E-state index contributed by atoms with van der Waals surface area (Å²) in [6.07, 6.45) is 2.79. The molecule has 0 N–H and O–H groups in total. The van der Waals surface area contributed by atoms with Gasteiger partial charge in [0.1, 0.15) is 12.2 Å². The molecule has 0 fully saturated rings. The Morgan fingerprint density at radius 2 is 2.00 bits per heavy atom. The van der Waals surface area contributed by atoms with Gasteiger partial charge in [0.2, 0.25) is 0 Å². The number of aromatic nitrogens is 3. The topological polar surface area (TPSA) is 30.7 Å². The van der Waals surface area contributed by atoms with Crippen molar-refractivity contribution in [3.05, 3.63) is 48.0 Å². The number of aryl methyl sites for hydroxylation is 1. The number of benzene rings is 1. The molecule has 0 bridgehead atoms. The summed E-state index contributed by atoms with van der Waals surface area (Å²) in [5.41, 5.74) is 1.30. The fraction of sp³-hybridized carbons (Fsp3) is 0.333. The number of rotatable bonds is 3. The lowest BCUT2D eigenvalue weighted by Crippen LogP contribution is -2.06. The van der Waals surface area contributed by atoms with Crippen LogP contribution in [0, 0.1) is 0 Å². The lowest BCUT2D eigenvalue weighted by molar-refractivity contribution is 0.671. The minimum Gasteiger partial charge on any atom is -0.320 e. The molecule has 0 aliphatic heterocycles. The first-order chi connectivity index (χ1) is 7.33. The average molecular weight is 201 g/mol. The second-order valence-corrected chi connectivity index (χ2v) is 3.67. The fourth-order valence-corrected chi connectivity index (χ4v) is 1.86. The molecule has 1 aromatic heterocycles. The third-order valence-electron chi connectivity index (χ3n) is 2.67. The predicted molar refractivity (Wildman–Crippen MR) is 59.6 cm³/mol. The average Bonchev–Trinajstić information content (AvgIpc) is 2.68. The zero-order valence-corrected chi connectivity index (χ0v) is 9.09. The molecule has 0 spiro atoms. The Kier molecular flexibility index (Phi) is 2.81. The third-order valence-corrected chi connectivity index (χ3v) is 2.67. The monoisotopic (exact) mass is 201 g/mol. The van der Waals surface area contributed by atoms with E-state index in [2.05, 4.69) is 41.4 Å². The van der Waals surface area contributed by atoms with E-state index in [4.69, 9.17) is 0 Å². The van der Waals surface area contributed by atoms with E-state index < -0.39 is 0 Å². The summed E-state index contributed by atoms with van der Waals surface area (Å²) >= 11 is 0. The molecule has 0 saturated heterocycles. The molecule has 0 radical (unpaired) electrons. The van der Waals surface area contributed by atoms with Gasteiger partial charge < -0.3 is 4.57 Å². The van der Waals surface area contributed by atoms with Gasteiger partial charge in [-0.05, 0) is 12.0 Å². The number of nitrogens with zero attached hydrogens (tertiary/aromatic N) is 3. The smallest absolute Gasteiger partial charge is 0.140 e. The minimum absolute atomic E-state index is 0.346. The van der Waals surface area contributed by atoms with Gasteiger partial charge in [-0.2, -0.15) is 0 Å². The molecule has 2 rings (SSSR count). The van der Waals surface area contributed by atoms with Crippen LogP contribution < -0.4 is 0 Å². The van der Waals surface area contributed by atoms with Crippen LogP contribution in [0.2, 0.25) is 0 Å². The van der Waals surface area contributed by atoms with Gasteiger partial charge in [0.05, 0.1) is 0 Å². The lowest BCUT2D eigenvalue weighted by atomic mass is 9.96. The van der Waals surface area contributed by atoms with Crippen LogP contribution >= 0.6 is 0 Å². The second kappa shape index (κ2) is 4.26. The second-order valence-electron chi connectivity index (χ2n) is 3.67. The Morgan fingerprint density at radius 3 is 2.53 bits per heavy atom. The van der Waals surface area contributed by atoms with Crippen molar-refractivity contribution in [3.8, 4) is 0 Å². The molecule has 0 amide bonds. The van der Waals surface area contributed by atoms with Crippen LogP contribution in [-0.4, -0.2) is 14.8 Å². The van der Waals surface area contributed by atoms with E-state index in [1.165, 1.54) is 5.56 Å². The standard InChI is InChI=1S/C12H15N3/c1-3-11(10-7-5-4-6-8-10)12-14-13-9-15(12)2/h4-9,11H,3H2,1-2H3. The van der Waals surface area contributed by atoms with Crippen molar-refractivity contribution in [2.24, 2.45) is 7.05 Å². The van der Waals surface area contributed by atoms with Gasteiger partial charge in [0.25, 0.3) is 0 Å². The van der Waals surface area contributed by atoms with E-state index in [1.807, 2.05) is 17.7 Å². The van der Waals surface area contributed by atoms with Gasteiger partial charge >= 0.3 is 0 Å². The first-order valence-electron chi connectivity index (χ1n) is 5.21. The van der Waals surface area contributed by atoms with Crippen LogP contribution in [-0.2, 0) is 7.05 Å². The summed E-state index contributed by atoms with van der Waals surface area (Å²) in [7, 11) is 1.99. The van der Waals surface area contributed by atoms with Crippen LogP contribution in [0.25, 0.3) is 0 Å². The van der Waals surface area contributed by atoms with Crippen molar-refractivity contribution in [2.45, 2.75) is 19.3 Å². The molecular weight excluding hydrogens is 186 g/mol. The predicted octanol–water partition coefficient (Wildman–Crippen LogP) is 2.36. The summed E-state index contributed by atoms with van der Waals surface area (Å²) in [6, 6.07) is 10.4. The molecule has 78 valence electrons. The van der Waals surface area contributed by atoms with Crippen LogP contribution in [0.15, 0.2) is 36.7 Å². The van der Waals surface area contributed by atoms with Gasteiger partial charge in [0, 0.05) is 13.0 Å². The summed E-state index contributed by atoms with van der Waals surface area (Å²) in [5.74, 6) is 1.38. The van der Waals surface area contributed by atoms with Crippen molar-refractivity contribution in [2.75, 3.05) is 0 Å². The molecule has 1 aromatic carbocycles. The highest BCUT2D eigenvalue weighted by Gasteiger charge is 2.16. The van der Waals surface area contributed by atoms with Gasteiger partial charge in [-0.25, -0.2) is 0 Å². The van der Waals surface area contributed by atoms with Crippen LogP contribution in [0.4, 0.5) is 0 Å². The van der Waals surface area contributed by atoms with Crippen LogP contribution in [0.5, 0.6) is 0 Å². The number of hydrogen-bond donors (Lipinski definition) is 0. The molecule has 0 aliphatic rings. The van der Waals surface area contributed by atoms with Gasteiger partial charge in [0.15, 0.2) is 0 Å². The van der Waals surface area contributed by atoms with E-state index in [0.29, 0.717) is 5.92 Å². The summed E-state index contributed by atoms with van der Waals surface area (Å²) < 4.78 is 1.99.